The van der Waals surface area contributed by atoms with Crippen LogP contribution in [-0.2, 0) is 18.9 Å². The molecule has 0 spiro atoms. The van der Waals surface area contributed by atoms with E-state index in [-0.39, 0.29) is 11.5 Å². The number of aromatic nitrogens is 4. The van der Waals surface area contributed by atoms with Crippen LogP contribution in [0, 0.1) is 6.92 Å². The summed E-state index contributed by atoms with van der Waals surface area (Å²) in [5.41, 5.74) is 3.26. The second-order valence-electron chi connectivity index (χ2n) is 6.25. The van der Waals surface area contributed by atoms with Crippen molar-refractivity contribution in [1.82, 2.24) is 24.7 Å². The summed E-state index contributed by atoms with van der Waals surface area (Å²) >= 11 is 5.12. The van der Waals surface area contributed by atoms with Gasteiger partial charge in [0.1, 0.15) is 0 Å². The molecule has 0 amide bonds. The molecule has 2 aromatic heterocycles. The molecule has 116 valence electrons. The van der Waals surface area contributed by atoms with Crippen LogP contribution in [0.3, 0.4) is 0 Å². The average molecular weight is 372 g/mol. The van der Waals surface area contributed by atoms with Crippen LogP contribution in [-0.4, -0.2) is 26.4 Å². The predicted octanol–water partition coefficient (Wildman–Crippen LogP) is 3.14. The van der Waals surface area contributed by atoms with Crippen LogP contribution in [0.15, 0.2) is 4.47 Å². The highest BCUT2D eigenvalue weighted by Gasteiger charge is 2.28. The summed E-state index contributed by atoms with van der Waals surface area (Å²) in [4.78, 5) is 1.20. The van der Waals surface area contributed by atoms with Crippen molar-refractivity contribution >= 4 is 27.5 Å². The first-order valence-corrected chi connectivity index (χ1v) is 8.50. The molecule has 1 N–H and O–H groups in total. The fourth-order valence-electron chi connectivity index (χ4n) is 2.37. The van der Waals surface area contributed by atoms with E-state index in [2.05, 4.69) is 56.7 Å². The number of hydrogen-bond donors (Lipinski definition) is 1. The quantitative estimate of drug-likeness (QED) is 0.896. The van der Waals surface area contributed by atoms with Crippen molar-refractivity contribution in [2.75, 3.05) is 7.05 Å². The van der Waals surface area contributed by atoms with Gasteiger partial charge in [0.2, 0.25) is 0 Å². The highest BCUT2D eigenvalue weighted by atomic mass is 79.9. The molecule has 2 rings (SSSR count). The molecule has 5 nitrogen and oxygen atoms in total. The summed E-state index contributed by atoms with van der Waals surface area (Å²) in [6.45, 7) is 8.52. The van der Waals surface area contributed by atoms with Gasteiger partial charge in [0, 0.05) is 18.9 Å². The maximum Gasteiger partial charge on any atom is 0.0857 e. The Labute approximate surface area is 138 Å². The highest BCUT2D eigenvalue weighted by molar-refractivity contribution is 9.10. The molecule has 21 heavy (non-hydrogen) atoms. The summed E-state index contributed by atoms with van der Waals surface area (Å²) in [5.74, 6) is 0. The third-order valence-corrected chi connectivity index (χ3v) is 5.42. The number of halogens is 1. The maximum absolute atomic E-state index is 4.46. The molecule has 1 unspecified atom stereocenters. The van der Waals surface area contributed by atoms with Gasteiger partial charge in [0.25, 0.3) is 0 Å². The lowest BCUT2D eigenvalue weighted by molar-refractivity contribution is 0.521. The van der Waals surface area contributed by atoms with Gasteiger partial charge in [-0.1, -0.05) is 25.3 Å². The van der Waals surface area contributed by atoms with E-state index in [9.17, 15) is 0 Å². The minimum absolute atomic E-state index is 0.00294. The fourth-order valence-corrected chi connectivity index (χ4v) is 3.84. The summed E-state index contributed by atoms with van der Waals surface area (Å²) in [6, 6.07) is 0.185. The molecule has 2 heterocycles. The van der Waals surface area contributed by atoms with Crippen LogP contribution in [0.4, 0.5) is 0 Å². The lowest BCUT2D eigenvalue weighted by Gasteiger charge is -2.21. The van der Waals surface area contributed by atoms with Gasteiger partial charge in [-0.3, -0.25) is 4.68 Å². The molecular weight excluding hydrogens is 350 g/mol. The third kappa shape index (κ3) is 3.35. The molecule has 0 saturated carbocycles. The topological polar surface area (TPSA) is 55.6 Å². The average Bonchev–Trinajstić information content (AvgIpc) is 2.95. The Bertz CT molecular complexity index is 626. The number of rotatable bonds is 4. The van der Waals surface area contributed by atoms with Crippen LogP contribution in [0.2, 0.25) is 0 Å². The van der Waals surface area contributed by atoms with E-state index >= 15 is 0 Å². The van der Waals surface area contributed by atoms with Crippen molar-refractivity contribution in [2.24, 2.45) is 7.05 Å². The van der Waals surface area contributed by atoms with Gasteiger partial charge in [0.05, 0.1) is 32.5 Å². The Morgan fingerprint density at radius 1 is 1.38 bits per heavy atom. The van der Waals surface area contributed by atoms with Gasteiger partial charge in [-0.15, -0.1) is 5.10 Å². The SMILES string of the molecule is CNC(Cc1c(Br)c(C)nn1C)c1snnc1C(C)(C)C. The van der Waals surface area contributed by atoms with Crippen molar-refractivity contribution in [1.29, 1.82) is 0 Å². The van der Waals surface area contributed by atoms with Crippen LogP contribution >= 0.6 is 27.5 Å². The Morgan fingerprint density at radius 2 is 2.05 bits per heavy atom. The maximum atomic E-state index is 4.46. The van der Waals surface area contributed by atoms with E-state index in [1.807, 2.05) is 25.7 Å². The van der Waals surface area contributed by atoms with E-state index in [4.69, 9.17) is 0 Å². The summed E-state index contributed by atoms with van der Waals surface area (Å²) in [5, 5.41) is 12.2. The van der Waals surface area contributed by atoms with Gasteiger partial charge in [-0.2, -0.15) is 5.10 Å². The molecule has 0 fully saturated rings. The first-order chi connectivity index (χ1) is 9.75. The zero-order valence-corrected chi connectivity index (χ0v) is 15.8. The Kier molecular flexibility index (Phi) is 4.85. The standard InChI is InChI=1S/C14H22BrN5S/c1-8-11(15)10(20(6)18-8)7-9(16-5)12-13(14(2,3)4)17-19-21-12/h9,16H,7H2,1-6H3. The second-order valence-corrected chi connectivity index (χ2v) is 7.83. The largest absolute Gasteiger partial charge is 0.312 e. The minimum atomic E-state index is -0.00294. The molecule has 1 atom stereocenters. The fraction of sp³-hybridized carbons (Fsp3) is 0.643. The minimum Gasteiger partial charge on any atom is -0.312 e. The smallest absolute Gasteiger partial charge is 0.0857 e. The van der Waals surface area contributed by atoms with E-state index in [1.54, 1.807) is 0 Å². The van der Waals surface area contributed by atoms with Gasteiger partial charge >= 0.3 is 0 Å². The first kappa shape index (κ1) is 16.6. The van der Waals surface area contributed by atoms with Crippen LogP contribution in [0.5, 0.6) is 0 Å². The molecule has 0 aliphatic heterocycles. The van der Waals surface area contributed by atoms with Crippen molar-refractivity contribution in [2.45, 2.75) is 45.6 Å². The molecule has 7 heteroatoms. The number of nitrogens with one attached hydrogen (secondary N) is 1. The first-order valence-electron chi connectivity index (χ1n) is 6.93. The Morgan fingerprint density at radius 3 is 2.52 bits per heavy atom. The van der Waals surface area contributed by atoms with Gasteiger partial charge in [-0.05, 0) is 41.4 Å². The molecule has 0 aromatic carbocycles. The number of aryl methyl sites for hydroxylation is 2. The predicted molar refractivity (Wildman–Crippen MR) is 89.8 cm³/mol. The van der Waals surface area contributed by atoms with E-state index < -0.39 is 0 Å². The highest BCUT2D eigenvalue weighted by Crippen LogP contribution is 2.33. The molecule has 0 aliphatic carbocycles. The number of nitrogens with zero attached hydrogens (tertiary/aromatic N) is 4. The number of likely N-dealkylation sites (N-methyl/N-ethyl adjacent to an activating group) is 1. The van der Waals surface area contributed by atoms with Crippen molar-refractivity contribution in [3.05, 3.63) is 26.4 Å². The number of hydrogen-bond acceptors (Lipinski definition) is 5. The molecular formula is C14H22BrN5S. The molecule has 0 aliphatic rings. The lowest BCUT2D eigenvalue weighted by Crippen LogP contribution is -2.24. The summed E-state index contributed by atoms with van der Waals surface area (Å²) < 4.78 is 7.19. The molecule has 0 bridgehead atoms. The molecule has 2 aromatic rings. The third-order valence-electron chi connectivity index (χ3n) is 3.55. The van der Waals surface area contributed by atoms with Crippen LogP contribution < -0.4 is 5.32 Å². The van der Waals surface area contributed by atoms with Gasteiger partial charge in [-0.25, -0.2) is 0 Å². The zero-order chi connectivity index (χ0) is 15.8. The van der Waals surface area contributed by atoms with Crippen molar-refractivity contribution < 1.29 is 0 Å². The van der Waals surface area contributed by atoms with E-state index in [0.29, 0.717) is 0 Å². The summed E-state index contributed by atoms with van der Waals surface area (Å²) in [7, 11) is 3.96. The lowest BCUT2D eigenvalue weighted by atomic mass is 9.89. The second kappa shape index (κ2) is 6.14. The Hall–Kier alpha value is -0.790. The summed E-state index contributed by atoms with van der Waals surface area (Å²) in [6.07, 6.45) is 0.849. The van der Waals surface area contributed by atoms with E-state index in [0.717, 1.165) is 22.3 Å². The van der Waals surface area contributed by atoms with Gasteiger partial charge < -0.3 is 5.32 Å². The van der Waals surface area contributed by atoms with Gasteiger partial charge in [0.15, 0.2) is 0 Å². The normalized spacial score (nSPS) is 13.7. The zero-order valence-electron chi connectivity index (χ0n) is 13.4. The van der Waals surface area contributed by atoms with E-state index in [1.165, 1.54) is 22.1 Å². The van der Waals surface area contributed by atoms with Crippen LogP contribution in [0.25, 0.3) is 0 Å². The monoisotopic (exact) mass is 371 g/mol. The van der Waals surface area contributed by atoms with Crippen molar-refractivity contribution in [3.63, 3.8) is 0 Å². The molecule has 0 radical (unpaired) electrons. The Balaban J connectivity index is 2.35. The van der Waals surface area contributed by atoms with Crippen LogP contribution in [0.1, 0.15) is 48.8 Å². The van der Waals surface area contributed by atoms with Crippen molar-refractivity contribution in [3.8, 4) is 0 Å². The molecule has 0 saturated heterocycles.